The first-order chi connectivity index (χ1) is 11.2. The Morgan fingerprint density at radius 2 is 2.04 bits per heavy atom. The molecule has 2 heterocycles. The molecule has 0 amide bonds. The van der Waals surface area contributed by atoms with E-state index in [1.54, 1.807) is 0 Å². The lowest BCUT2D eigenvalue weighted by Crippen LogP contribution is -2.10. The van der Waals surface area contributed by atoms with E-state index >= 15 is 0 Å². The van der Waals surface area contributed by atoms with Gasteiger partial charge in [-0.25, -0.2) is 14.5 Å². The van der Waals surface area contributed by atoms with Crippen molar-refractivity contribution in [2.75, 3.05) is 6.61 Å². The number of carbonyl (C=O) groups excluding carboxylic acids is 1. The summed E-state index contributed by atoms with van der Waals surface area (Å²) in [7, 11) is 0. The quantitative estimate of drug-likeness (QED) is 0.803. The van der Waals surface area contributed by atoms with Gasteiger partial charge in [-0.2, -0.15) is 5.10 Å². The normalized spacial score (nSPS) is 18.7. The summed E-state index contributed by atoms with van der Waals surface area (Å²) in [5.41, 5.74) is 3.42. The van der Waals surface area contributed by atoms with Gasteiger partial charge in [0.15, 0.2) is 5.65 Å². The fourth-order valence-corrected chi connectivity index (χ4v) is 3.69. The Bertz CT molecular complexity index is 755. The van der Waals surface area contributed by atoms with Gasteiger partial charge in [0.1, 0.15) is 0 Å². The third kappa shape index (κ3) is 2.52. The molecule has 5 nitrogen and oxygen atoms in total. The first-order valence-electron chi connectivity index (χ1n) is 8.76. The monoisotopic (exact) mass is 313 g/mol. The number of esters is 1. The van der Waals surface area contributed by atoms with Gasteiger partial charge >= 0.3 is 5.97 Å². The van der Waals surface area contributed by atoms with Crippen LogP contribution in [-0.2, 0) is 4.74 Å². The number of aryl methyl sites for hydroxylation is 1. The molecular weight excluding hydrogens is 290 g/mol. The Hall–Kier alpha value is -1.91. The maximum absolute atomic E-state index is 12.4. The largest absolute Gasteiger partial charge is 0.462 e. The van der Waals surface area contributed by atoms with Crippen molar-refractivity contribution in [3.63, 3.8) is 0 Å². The van der Waals surface area contributed by atoms with Crippen LogP contribution >= 0.6 is 0 Å². The summed E-state index contributed by atoms with van der Waals surface area (Å²) in [6, 6.07) is 2.36. The van der Waals surface area contributed by atoms with E-state index in [0.717, 1.165) is 48.1 Å². The van der Waals surface area contributed by atoms with Gasteiger partial charge in [-0.3, -0.25) is 0 Å². The summed E-state index contributed by atoms with van der Waals surface area (Å²) < 4.78 is 7.35. The Morgan fingerprint density at radius 1 is 1.30 bits per heavy atom. The fourth-order valence-electron chi connectivity index (χ4n) is 3.69. The number of carbonyl (C=O) groups is 1. The Kier molecular flexibility index (Phi) is 3.58. The summed E-state index contributed by atoms with van der Waals surface area (Å²) in [4.78, 5) is 17.3. The molecule has 23 heavy (non-hydrogen) atoms. The average molecular weight is 313 g/mol. The lowest BCUT2D eigenvalue weighted by molar-refractivity contribution is 0.0528. The second kappa shape index (κ2) is 5.62. The number of nitrogens with zero attached hydrogens (tertiary/aromatic N) is 3. The van der Waals surface area contributed by atoms with Crippen molar-refractivity contribution in [3.8, 4) is 0 Å². The van der Waals surface area contributed by atoms with Gasteiger partial charge in [0.2, 0.25) is 0 Å². The average Bonchev–Trinajstić information content (AvgIpc) is 3.15. The zero-order chi connectivity index (χ0) is 16.0. The van der Waals surface area contributed by atoms with Crippen LogP contribution < -0.4 is 0 Å². The maximum Gasteiger partial charge on any atom is 0.339 e. The first kappa shape index (κ1) is 14.7. The van der Waals surface area contributed by atoms with E-state index in [9.17, 15) is 4.79 Å². The highest BCUT2D eigenvalue weighted by molar-refractivity contribution is 6.04. The van der Waals surface area contributed by atoms with Crippen molar-refractivity contribution < 1.29 is 9.53 Å². The predicted octanol–water partition coefficient (Wildman–Crippen LogP) is 3.91. The number of fused-ring (bicyclic) bond motifs is 1. The van der Waals surface area contributed by atoms with E-state index in [1.807, 2.05) is 19.9 Å². The number of pyridine rings is 1. The number of ether oxygens (including phenoxy) is 1. The minimum atomic E-state index is -0.254. The van der Waals surface area contributed by atoms with E-state index in [1.165, 1.54) is 12.8 Å². The molecule has 0 saturated heterocycles. The van der Waals surface area contributed by atoms with Gasteiger partial charge in [-0.1, -0.05) is 12.8 Å². The molecule has 2 saturated carbocycles. The van der Waals surface area contributed by atoms with E-state index in [-0.39, 0.29) is 5.97 Å². The van der Waals surface area contributed by atoms with Gasteiger partial charge in [-0.05, 0) is 45.6 Å². The Balaban J connectivity index is 1.91. The topological polar surface area (TPSA) is 57.0 Å². The lowest BCUT2D eigenvalue weighted by Gasteiger charge is -2.12. The van der Waals surface area contributed by atoms with Crippen molar-refractivity contribution in [2.24, 2.45) is 0 Å². The fraction of sp³-hybridized carbons (Fsp3) is 0.611. The SMILES string of the molecule is CCOC(=O)c1cc(C2CC2)nc2c1c(C)nn2C1CCCC1. The van der Waals surface area contributed by atoms with Crippen molar-refractivity contribution in [1.82, 2.24) is 14.8 Å². The molecule has 2 fully saturated rings. The van der Waals surface area contributed by atoms with E-state index in [0.29, 0.717) is 24.1 Å². The van der Waals surface area contributed by atoms with E-state index < -0.39 is 0 Å². The summed E-state index contributed by atoms with van der Waals surface area (Å²) in [6.07, 6.45) is 7.13. The number of hydrogen-bond donors (Lipinski definition) is 0. The number of aromatic nitrogens is 3. The molecule has 0 spiro atoms. The van der Waals surface area contributed by atoms with Crippen LogP contribution in [0.25, 0.3) is 11.0 Å². The highest BCUT2D eigenvalue weighted by atomic mass is 16.5. The van der Waals surface area contributed by atoms with Crippen molar-refractivity contribution in [3.05, 3.63) is 23.0 Å². The van der Waals surface area contributed by atoms with Crippen LogP contribution in [0.4, 0.5) is 0 Å². The highest BCUT2D eigenvalue weighted by Gasteiger charge is 2.30. The van der Waals surface area contributed by atoms with Crippen molar-refractivity contribution in [2.45, 2.75) is 64.3 Å². The van der Waals surface area contributed by atoms with Gasteiger partial charge < -0.3 is 4.74 Å². The molecule has 2 aromatic heterocycles. The first-order valence-corrected chi connectivity index (χ1v) is 8.76. The molecule has 0 aliphatic heterocycles. The molecule has 0 bridgehead atoms. The summed E-state index contributed by atoms with van der Waals surface area (Å²) >= 11 is 0. The second-order valence-electron chi connectivity index (χ2n) is 6.76. The molecule has 122 valence electrons. The number of hydrogen-bond acceptors (Lipinski definition) is 4. The van der Waals surface area contributed by atoms with Crippen molar-refractivity contribution >= 4 is 17.0 Å². The molecule has 0 N–H and O–H groups in total. The van der Waals surface area contributed by atoms with Gasteiger partial charge in [0.05, 0.1) is 29.3 Å². The summed E-state index contributed by atoms with van der Waals surface area (Å²) in [6.45, 7) is 4.19. The third-order valence-electron chi connectivity index (χ3n) is 5.02. The molecule has 0 unspecified atom stereocenters. The van der Waals surface area contributed by atoms with Crippen LogP contribution in [0.15, 0.2) is 6.07 Å². The molecule has 5 heteroatoms. The number of rotatable bonds is 4. The smallest absolute Gasteiger partial charge is 0.339 e. The van der Waals surface area contributed by atoms with E-state index in [4.69, 9.17) is 14.8 Å². The van der Waals surface area contributed by atoms with Crippen LogP contribution in [0.5, 0.6) is 0 Å². The zero-order valence-electron chi connectivity index (χ0n) is 13.8. The minimum Gasteiger partial charge on any atom is -0.462 e. The third-order valence-corrected chi connectivity index (χ3v) is 5.02. The molecule has 0 radical (unpaired) electrons. The second-order valence-corrected chi connectivity index (χ2v) is 6.76. The van der Waals surface area contributed by atoms with Crippen LogP contribution in [-0.4, -0.2) is 27.3 Å². The van der Waals surface area contributed by atoms with Crippen LogP contribution in [0.3, 0.4) is 0 Å². The van der Waals surface area contributed by atoms with Gasteiger partial charge in [-0.15, -0.1) is 0 Å². The van der Waals surface area contributed by atoms with Crippen LogP contribution in [0, 0.1) is 6.92 Å². The summed E-state index contributed by atoms with van der Waals surface area (Å²) in [5.74, 6) is 0.246. The Morgan fingerprint density at radius 3 is 2.70 bits per heavy atom. The molecular formula is C18H23N3O2. The molecule has 2 aromatic rings. The standard InChI is InChI=1S/C18H23N3O2/c1-3-23-18(22)14-10-15(12-8-9-12)19-17-16(14)11(2)20-21(17)13-6-4-5-7-13/h10,12-13H,3-9H2,1-2H3. The lowest BCUT2D eigenvalue weighted by atomic mass is 10.1. The minimum absolute atomic E-state index is 0.254. The van der Waals surface area contributed by atoms with Crippen molar-refractivity contribution in [1.29, 1.82) is 0 Å². The maximum atomic E-state index is 12.4. The van der Waals surface area contributed by atoms with E-state index in [2.05, 4.69) is 4.68 Å². The molecule has 0 atom stereocenters. The molecule has 2 aliphatic carbocycles. The van der Waals surface area contributed by atoms with Crippen LogP contribution in [0.1, 0.15) is 79.2 Å². The Labute approximate surface area is 136 Å². The van der Waals surface area contributed by atoms with Gasteiger partial charge in [0, 0.05) is 11.6 Å². The van der Waals surface area contributed by atoms with Crippen LogP contribution in [0.2, 0.25) is 0 Å². The molecule has 0 aromatic carbocycles. The summed E-state index contributed by atoms with van der Waals surface area (Å²) in [5, 5.41) is 5.62. The molecule has 2 aliphatic rings. The zero-order valence-corrected chi connectivity index (χ0v) is 13.8. The van der Waals surface area contributed by atoms with Gasteiger partial charge in [0.25, 0.3) is 0 Å². The molecule has 4 rings (SSSR count). The highest BCUT2D eigenvalue weighted by Crippen LogP contribution is 2.41. The predicted molar refractivity (Wildman–Crippen MR) is 87.7 cm³/mol.